The van der Waals surface area contributed by atoms with Crippen molar-refractivity contribution in [2.75, 3.05) is 19.6 Å². The molecule has 25 heavy (non-hydrogen) atoms. The van der Waals surface area contributed by atoms with Crippen LogP contribution in [0.5, 0.6) is 0 Å². The van der Waals surface area contributed by atoms with Crippen LogP contribution in [0, 0.1) is 5.92 Å². The number of nitrogens with one attached hydrogen (secondary N) is 3. The summed E-state index contributed by atoms with van der Waals surface area (Å²) in [6.45, 7) is 12.4. The molecule has 0 unspecified atom stereocenters. The lowest BCUT2D eigenvalue weighted by molar-refractivity contribution is -0.123. The quantitative estimate of drug-likeness (QED) is 0.342. The minimum Gasteiger partial charge on any atom is -0.359 e. The van der Waals surface area contributed by atoms with E-state index in [0.717, 1.165) is 30.8 Å². The maximum absolute atomic E-state index is 11.5. The molecule has 0 saturated carbocycles. The van der Waals surface area contributed by atoms with Gasteiger partial charge in [0.25, 0.3) is 0 Å². The Morgan fingerprint density at radius 2 is 1.84 bits per heavy atom. The zero-order valence-corrected chi connectivity index (χ0v) is 16.2. The predicted molar refractivity (Wildman–Crippen MR) is 100 cm³/mol. The molecule has 1 aromatic rings. The average Bonchev–Trinajstić information content (AvgIpc) is 3.06. The summed E-state index contributed by atoms with van der Waals surface area (Å²) >= 11 is 0. The number of guanidine groups is 1. The molecule has 142 valence electrons. The number of hydrogen-bond acceptors (Lipinski definition) is 4. The summed E-state index contributed by atoms with van der Waals surface area (Å²) in [5, 5.41) is 13.4. The van der Waals surface area contributed by atoms with Gasteiger partial charge in [-0.15, -0.1) is 0 Å². The lowest BCUT2D eigenvalue weighted by Gasteiger charge is -2.12. The summed E-state index contributed by atoms with van der Waals surface area (Å²) < 4.78 is 5.39. The van der Waals surface area contributed by atoms with Gasteiger partial charge in [-0.3, -0.25) is 4.79 Å². The van der Waals surface area contributed by atoms with Crippen LogP contribution in [0.1, 0.15) is 64.8 Å². The molecule has 0 atom stereocenters. The first-order valence-electron chi connectivity index (χ1n) is 9.27. The molecule has 0 spiro atoms. The molecule has 0 aliphatic heterocycles. The highest BCUT2D eigenvalue weighted by Crippen LogP contribution is 2.22. The third-order valence-electron chi connectivity index (χ3n) is 3.96. The van der Waals surface area contributed by atoms with Crippen molar-refractivity contribution >= 4 is 11.9 Å². The van der Waals surface area contributed by atoms with Crippen LogP contribution in [0.25, 0.3) is 0 Å². The van der Waals surface area contributed by atoms with Crippen LogP contribution in [0.4, 0.5) is 0 Å². The fraction of sp³-hybridized carbons (Fsp3) is 0.722. The zero-order valence-electron chi connectivity index (χ0n) is 16.2. The van der Waals surface area contributed by atoms with Gasteiger partial charge >= 0.3 is 0 Å². The van der Waals surface area contributed by atoms with E-state index in [1.807, 2.05) is 26.8 Å². The van der Waals surface area contributed by atoms with E-state index in [4.69, 9.17) is 4.52 Å². The molecule has 1 aromatic heterocycles. The summed E-state index contributed by atoms with van der Waals surface area (Å²) in [5.41, 5.74) is 1.00. The first-order chi connectivity index (χ1) is 12.0. The fourth-order valence-electron chi connectivity index (χ4n) is 2.37. The van der Waals surface area contributed by atoms with Crippen molar-refractivity contribution in [3.8, 4) is 0 Å². The summed E-state index contributed by atoms with van der Waals surface area (Å²) in [4.78, 5) is 16.0. The molecule has 0 saturated heterocycles. The number of hydrogen-bond donors (Lipinski definition) is 3. The summed E-state index contributed by atoms with van der Waals surface area (Å²) in [6, 6.07) is 1.99. The molecular formula is C18H33N5O2. The number of aliphatic imine (C=N–C) groups is 1. The van der Waals surface area contributed by atoms with Gasteiger partial charge in [-0.2, -0.15) is 0 Å². The molecule has 7 nitrogen and oxygen atoms in total. The van der Waals surface area contributed by atoms with Crippen LogP contribution >= 0.6 is 0 Å². The van der Waals surface area contributed by atoms with Gasteiger partial charge in [0.05, 0.1) is 5.69 Å². The monoisotopic (exact) mass is 351 g/mol. The molecule has 7 heteroatoms. The number of carbonyl (C=O) groups excluding carboxylic acids is 1. The molecule has 0 bridgehead atoms. The maximum Gasteiger partial charge on any atom is 0.222 e. The van der Waals surface area contributed by atoms with Crippen LogP contribution in [-0.4, -0.2) is 36.7 Å². The Kier molecular flexibility index (Phi) is 9.65. The van der Waals surface area contributed by atoms with Crippen molar-refractivity contribution in [1.82, 2.24) is 21.1 Å². The Morgan fingerprint density at radius 3 is 2.44 bits per heavy atom. The minimum absolute atomic E-state index is 0.00220. The third-order valence-corrected chi connectivity index (χ3v) is 3.96. The van der Waals surface area contributed by atoms with E-state index >= 15 is 0 Å². The van der Waals surface area contributed by atoms with E-state index in [2.05, 4.69) is 39.9 Å². The highest BCUT2D eigenvalue weighted by molar-refractivity contribution is 5.80. The van der Waals surface area contributed by atoms with Gasteiger partial charge in [-0.25, -0.2) is 4.99 Å². The van der Waals surface area contributed by atoms with Crippen LogP contribution < -0.4 is 16.0 Å². The van der Waals surface area contributed by atoms with Crippen LogP contribution in [0.15, 0.2) is 15.6 Å². The van der Waals surface area contributed by atoms with Gasteiger partial charge in [0.2, 0.25) is 5.91 Å². The van der Waals surface area contributed by atoms with Crippen LogP contribution in [0.3, 0.4) is 0 Å². The van der Waals surface area contributed by atoms with Crippen LogP contribution in [-0.2, 0) is 11.3 Å². The summed E-state index contributed by atoms with van der Waals surface area (Å²) in [7, 11) is 0. The zero-order chi connectivity index (χ0) is 18.7. The Bertz CT molecular complexity index is 535. The van der Waals surface area contributed by atoms with Crippen LogP contribution in [0.2, 0.25) is 0 Å². The van der Waals surface area contributed by atoms with Crippen molar-refractivity contribution in [1.29, 1.82) is 0 Å². The molecule has 0 fully saturated rings. The average molecular weight is 351 g/mol. The van der Waals surface area contributed by atoms with E-state index in [9.17, 15) is 4.79 Å². The van der Waals surface area contributed by atoms with E-state index < -0.39 is 0 Å². The summed E-state index contributed by atoms with van der Waals surface area (Å²) in [6.07, 6.45) is 2.11. The van der Waals surface area contributed by atoms with Gasteiger partial charge in [0, 0.05) is 37.5 Å². The van der Waals surface area contributed by atoms with Crippen molar-refractivity contribution in [2.45, 2.75) is 59.9 Å². The Hall–Kier alpha value is -2.05. The van der Waals surface area contributed by atoms with Gasteiger partial charge in [-0.1, -0.05) is 32.9 Å². The van der Waals surface area contributed by atoms with Crippen molar-refractivity contribution in [3.05, 3.63) is 17.5 Å². The molecular weight excluding hydrogens is 318 g/mol. The number of rotatable bonds is 10. The first-order valence-corrected chi connectivity index (χ1v) is 9.27. The molecule has 1 rings (SSSR count). The van der Waals surface area contributed by atoms with E-state index in [1.54, 1.807) is 0 Å². The first kappa shape index (κ1) is 21.0. The Morgan fingerprint density at radius 1 is 1.16 bits per heavy atom. The largest absolute Gasteiger partial charge is 0.359 e. The van der Waals surface area contributed by atoms with Gasteiger partial charge < -0.3 is 20.5 Å². The van der Waals surface area contributed by atoms with E-state index in [-0.39, 0.29) is 11.8 Å². The topological polar surface area (TPSA) is 91.6 Å². The smallest absolute Gasteiger partial charge is 0.222 e. The van der Waals surface area contributed by atoms with Crippen molar-refractivity contribution in [2.24, 2.45) is 10.9 Å². The maximum atomic E-state index is 11.5. The molecule has 1 heterocycles. The molecule has 0 aliphatic carbocycles. The van der Waals surface area contributed by atoms with E-state index in [1.165, 1.54) is 0 Å². The Balaban J connectivity index is 2.51. The SMILES string of the molecule is CCNC(=NCc1cc(C(CC)CC)no1)NCCNC(=O)C(C)C. The molecule has 1 amide bonds. The van der Waals surface area contributed by atoms with Gasteiger partial charge in [0.15, 0.2) is 11.7 Å². The van der Waals surface area contributed by atoms with Gasteiger partial charge in [-0.05, 0) is 19.8 Å². The molecule has 0 aliphatic rings. The fourth-order valence-corrected chi connectivity index (χ4v) is 2.37. The molecule has 3 N–H and O–H groups in total. The number of carbonyl (C=O) groups is 1. The normalized spacial score (nSPS) is 11.9. The van der Waals surface area contributed by atoms with Gasteiger partial charge in [0.1, 0.15) is 6.54 Å². The second-order valence-corrected chi connectivity index (χ2v) is 6.30. The molecule has 0 aromatic carbocycles. The number of amides is 1. The second kappa shape index (κ2) is 11.5. The molecule has 0 radical (unpaired) electrons. The number of aromatic nitrogens is 1. The highest BCUT2D eigenvalue weighted by atomic mass is 16.5. The Labute approximate surface area is 151 Å². The minimum atomic E-state index is -0.00220. The lowest BCUT2D eigenvalue weighted by Crippen LogP contribution is -2.42. The highest BCUT2D eigenvalue weighted by Gasteiger charge is 2.12. The predicted octanol–water partition coefficient (Wildman–Crippen LogP) is 2.41. The summed E-state index contributed by atoms with van der Waals surface area (Å²) in [5.74, 6) is 1.95. The number of nitrogens with zero attached hydrogens (tertiary/aromatic N) is 2. The third kappa shape index (κ3) is 7.58. The van der Waals surface area contributed by atoms with E-state index in [0.29, 0.717) is 31.5 Å². The van der Waals surface area contributed by atoms with Crippen molar-refractivity contribution < 1.29 is 9.32 Å². The van der Waals surface area contributed by atoms with Crippen molar-refractivity contribution in [3.63, 3.8) is 0 Å². The lowest BCUT2D eigenvalue weighted by atomic mass is 9.99. The standard InChI is InChI=1S/C18H33N5O2/c1-6-14(7-2)16-11-15(25-23-16)12-22-18(19-8-3)21-10-9-20-17(24)13(4)5/h11,13-14H,6-10,12H2,1-5H3,(H,20,24)(H2,19,21,22). The second-order valence-electron chi connectivity index (χ2n) is 6.30.